The highest BCUT2D eigenvalue weighted by atomic mass is 35.5. The largest absolute Gasteiger partial charge is 0.388 e. The molecule has 1 heterocycles. The van der Waals surface area contributed by atoms with Crippen LogP contribution in [0.5, 0.6) is 0 Å². The lowest BCUT2D eigenvalue weighted by Gasteiger charge is -2.35. The monoisotopic (exact) mass is 315 g/mol. The fraction of sp³-hybridized carbons (Fsp3) is 0.625. The lowest BCUT2D eigenvalue weighted by Crippen LogP contribution is -2.40. The molecule has 0 spiro atoms. The molecule has 1 saturated heterocycles. The zero-order chi connectivity index (χ0) is 14.5. The van der Waals surface area contributed by atoms with Crippen LogP contribution in [-0.4, -0.2) is 29.1 Å². The molecule has 1 aliphatic rings. The molecule has 2 rings (SSSR count). The first kappa shape index (κ1) is 16.1. The van der Waals surface area contributed by atoms with E-state index in [9.17, 15) is 5.11 Å². The average Bonchev–Trinajstić information content (AvgIpc) is 2.48. The molecule has 20 heavy (non-hydrogen) atoms. The number of aliphatic hydroxyl groups is 1. The highest BCUT2D eigenvalue weighted by Crippen LogP contribution is 2.31. The van der Waals surface area contributed by atoms with Gasteiger partial charge < -0.3 is 10.0 Å². The third-order valence-electron chi connectivity index (χ3n) is 4.25. The van der Waals surface area contributed by atoms with Crippen LogP contribution in [0.4, 0.5) is 0 Å². The maximum atomic E-state index is 10.3. The minimum absolute atomic E-state index is 0.479. The molecule has 1 aromatic carbocycles. The van der Waals surface area contributed by atoms with Crippen LogP contribution in [0.1, 0.15) is 50.7 Å². The molecule has 2 unspecified atom stereocenters. The van der Waals surface area contributed by atoms with E-state index in [1.54, 1.807) is 6.07 Å². The maximum absolute atomic E-state index is 10.3. The molecular weight excluding hydrogens is 293 g/mol. The van der Waals surface area contributed by atoms with Gasteiger partial charge in [0.05, 0.1) is 16.1 Å². The molecule has 0 aliphatic carbocycles. The maximum Gasteiger partial charge on any atom is 0.0817 e. The van der Waals surface area contributed by atoms with E-state index in [1.807, 2.05) is 12.1 Å². The standard InChI is InChI=1S/C16H23Cl2NO/c1-2-12-6-3-4-10-19(12)11-9-15(20)13-7-5-8-14(17)16(13)18/h5,7-8,12,15,20H,2-4,6,9-11H2,1H3. The Balaban J connectivity index is 1.94. The molecule has 0 amide bonds. The molecule has 4 heteroatoms. The fourth-order valence-electron chi connectivity index (χ4n) is 3.04. The van der Waals surface area contributed by atoms with Crippen molar-refractivity contribution in [3.8, 4) is 0 Å². The lowest BCUT2D eigenvalue weighted by atomic mass is 9.98. The van der Waals surface area contributed by atoms with Gasteiger partial charge >= 0.3 is 0 Å². The molecule has 1 aromatic rings. The van der Waals surface area contributed by atoms with Gasteiger partial charge in [-0.1, -0.05) is 48.7 Å². The zero-order valence-corrected chi connectivity index (χ0v) is 13.5. The molecule has 112 valence electrons. The van der Waals surface area contributed by atoms with Crippen LogP contribution in [0.25, 0.3) is 0 Å². The van der Waals surface area contributed by atoms with Crippen LogP contribution < -0.4 is 0 Å². The van der Waals surface area contributed by atoms with Crippen molar-refractivity contribution in [2.75, 3.05) is 13.1 Å². The summed E-state index contributed by atoms with van der Waals surface area (Å²) in [5, 5.41) is 11.3. The summed E-state index contributed by atoms with van der Waals surface area (Å²) in [6, 6.07) is 6.11. The van der Waals surface area contributed by atoms with Crippen molar-refractivity contribution >= 4 is 23.2 Å². The number of aliphatic hydroxyl groups excluding tert-OH is 1. The van der Waals surface area contributed by atoms with E-state index in [0.717, 1.165) is 18.7 Å². The van der Waals surface area contributed by atoms with Gasteiger partial charge in [-0.3, -0.25) is 0 Å². The van der Waals surface area contributed by atoms with Gasteiger partial charge in [0.25, 0.3) is 0 Å². The number of piperidine rings is 1. The number of benzene rings is 1. The summed E-state index contributed by atoms with van der Waals surface area (Å²) < 4.78 is 0. The SMILES string of the molecule is CCC1CCCCN1CCC(O)c1cccc(Cl)c1Cl. The van der Waals surface area contributed by atoms with E-state index in [1.165, 1.54) is 25.7 Å². The van der Waals surface area contributed by atoms with E-state index < -0.39 is 6.10 Å². The number of halogens is 2. The van der Waals surface area contributed by atoms with Crippen molar-refractivity contribution < 1.29 is 5.11 Å². The predicted octanol–water partition coefficient (Wildman–Crippen LogP) is 4.68. The van der Waals surface area contributed by atoms with Crippen molar-refractivity contribution in [2.24, 2.45) is 0 Å². The van der Waals surface area contributed by atoms with Gasteiger partial charge in [-0.2, -0.15) is 0 Å². The Morgan fingerprint density at radius 1 is 1.35 bits per heavy atom. The summed E-state index contributed by atoms with van der Waals surface area (Å²) in [6.07, 6.45) is 5.23. The topological polar surface area (TPSA) is 23.5 Å². The van der Waals surface area contributed by atoms with E-state index in [-0.39, 0.29) is 0 Å². The Bertz CT molecular complexity index is 438. The molecule has 2 nitrogen and oxygen atoms in total. The molecule has 0 bridgehead atoms. The number of hydrogen-bond acceptors (Lipinski definition) is 2. The molecule has 1 aliphatic heterocycles. The summed E-state index contributed by atoms with van der Waals surface area (Å²) >= 11 is 12.2. The highest BCUT2D eigenvalue weighted by molar-refractivity contribution is 6.42. The van der Waals surface area contributed by atoms with Gasteiger partial charge in [-0.25, -0.2) is 0 Å². The second-order valence-corrected chi connectivity index (χ2v) is 6.33. The minimum atomic E-state index is -0.541. The van der Waals surface area contributed by atoms with Crippen LogP contribution in [0.15, 0.2) is 18.2 Å². The second-order valence-electron chi connectivity index (χ2n) is 5.54. The fourth-order valence-corrected chi connectivity index (χ4v) is 3.47. The Labute approximate surface area is 131 Å². The number of hydrogen-bond donors (Lipinski definition) is 1. The minimum Gasteiger partial charge on any atom is -0.388 e. The number of rotatable bonds is 5. The van der Waals surface area contributed by atoms with Crippen molar-refractivity contribution in [2.45, 2.75) is 51.2 Å². The first-order valence-corrected chi connectivity index (χ1v) is 8.25. The number of likely N-dealkylation sites (tertiary alicyclic amines) is 1. The molecular formula is C16H23Cl2NO. The van der Waals surface area contributed by atoms with Crippen molar-refractivity contribution in [1.29, 1.82) is 0 Å². The van der Waals surface area contributed by atoms with Gasteiger partial charge in [0.2, 0.25) is 0 Å². The summed E-state index contributed by atoms with van der Waals surface area (Å²) in [4.78, 5) is 2.51. The second kappa shape index (κ2) is 7.65. The normalized spacial score (nSPS) is 21.9. The third-order valence-corrected chi connectivity index (χ3v) is 5.08. The van der Waals surface area contributed by atoms with Crippen LogP contribution in [0.3, 0.4) is 0 Å². The Morgan fingerprint density at radius 3 is 2.90 bits per heavy atom. The molecule has 1 fully saturated rings. The molecule has 0 saturated carbocycles. The van der Waals surface area contributed by atoms with E-state index in [0.29, 0.717) is 22.5 Å². The quantitative estimate of drug-likeness (QED) is 0.852. The summed E-state index contributed by atoms with van der Waals surface area (Å²) in [5.41, 5.74) is 0.740. The highest BCUT2D eigenvalue weighted by Gasteiger charge is 2.22. The smallest absolute Gasteiger partial charge is 0.0817 e. The zero-order valence-electron chi connectivity index (χ0n) is 12.0. The lowest BCUT2D eigenvalue weighted by molar-refractivity contribution is 0.101. The van der Waals surface area contributed by atoms with Gasteiger partial charge in [-0.05, 0) is 38.3 Å². The van der Waals surface area contributed by atoms with Gasteiger partial charge in [-0.15, -0.1) is 0 Å². The van der Waals surface area contributed by atoms with Crippen molar-refractivity contribution in [3.63, 3.8) is 0 Å². The van der Waals surface area contributed by atoms with Crippen LogP contribution in [0, 0.1) is 0 Å². The van der Waals surface area contributed by atoms with Gasteiger partial charge in [0.15, 0.2) is 0 Å². The Morgan fingerprint density at radius 2 is 2.15 bits per heavy atom. The van der Waals surface area contributed by atoms with Crippen molar-refractivity contribution in [1.82, 2.24) is 4.90 Å². The van der Waals surface area contributed by atoms with Gasteiger partial charge in [0.1, 0.15) is 0 Å². The molecule has 2 atom stereocenters. The summed E-state index contributed by atoms with van der Waals surface area (Å²) in [5.74, 6) is 0. The van der Waals surface area contributed by atoms with Crippen molar-refractivity contribution in [3.05, 3.63) is 33.8 Å². The van der Waals surface area contributed by atoms with Crippen LogP contribution in [-0.2, 0) is 0 Å². The van der Waals surface area contributed by atoms with E-state index in [4.69, 9.17) is 23.2 Å². The summed E-state index contributed by atoms with van der Waals surface area (Å²) in [6.45, 7) is 4.31. The molecule has 1 N–H and O–H groups in total. The summed E-state index contributed by atoms with van der Waals surface area (Å²) in [7, 11) is 0. The van der Waals surface area contributed by atoms with E-state index in [2.05, 4.69) is 11.8 Å². The predicted molar refractivity (Wildman–Crippen MR) is 85.5 cm³/mol. The van der Waals surface area contributed by atoms with Crippen LogP contribution >= 0.6 is 23.2 Å². The first-order valence-electron chi connectivity index (χ1n) is 7.49. The molecule has 0 aromatic heterocycles. The van der Waals surface area contributed by atoms with Crippen LogP contribution in [0.2, 0.25) is 10.0 Å². The van der Waals surface area contributed by atoms with E-state index >= 15 is 0 Å². The molecule has 0 radical (unpaired) electrons. The third kappa shape index (κ3) is 3.88. The Hall–Kier alpha value is -0.280. The number of nitrogens with zero attached hydrogens (tertiary/aromatic N) is 1. The first-order chi connectivity index (χ1) is 9.63. The van der Waals surface area contributed by atoms with Gasteiger partial charge in [0, 0.05) is 18.2 Å². The average molecular weight is 316 g/mol. The Kier molecular flexibility index (Phi) is 6.16.